The number of halogens is 2. The molecule has 0 radical (unpaired) electrons. The molecule has 0 fully saturated rings. The molecule has 4 heteroatoms. The van der Waals surface area contributed by atoms with Crippen molar-refractivity contribution in [2.24, 2.45) is 0 Å². The molecule has 2 aromatic carbocycles. The molecule has 0 aliphatic carbocycles. The van der Waals surface area contributed by atoms with E-state index in [4.69, 9.17) is 0 Å². The van der Waals surface area contributed by atoms with Crippen molar-refractivity contribution in [2.45, 2.75) is 6.42 Å². The van der Waals surface area contributed by atoms with Gasteiger partial charge in [-0.25, -0.2) is 4.39 Å². The molecule has 92 valence electrons. The average molecular weight is 308 g/mol. The molecule has 1 N–H and O–H groups in total. The van der Waals surface area contributed by atoms with Crippen LogP contribution in [0.5, 0.6) is 0 Å². The van der Waals surface area contributed by atoms with Gasteiger partial charge >= 0.3 is 0 Å². The van der Waals surface area contributed by atoms with Crippen molar-refractivity contribution in [1.82, 2.24) is 0 Å². The normalized spacial score (nSPS) is 10.1. The van der Waals surface area contributed by atoms with Crippen LogP contribution in [0.25, 0.3) is 0 Å². The third kappa shape index (κ3) is 3.67. The van der Waals surface area contributed by atoms with Gasteiger partial charge in [-0.15, -0.1) is 0 Å². The van der Waals surface area contributed by atoms with Crippen LogP contribution in [0.15, 0.2) is 53.0 Å². The maximum atomic E-state index is 13.0. The summed E-state index contributed by atoms with van der Waals surface area (Å²) >= 11 is 3.33. The molecule has 0 atom stereocenters. The van der Waals surface area contributed by atoms with Gasteiger partial charge < -0.3 is 5.32 Å². The fraction of sp³-hybridized carbons (Fsp3) is 0.0714. The molecule has 0 saturated carbocycles. The maximum absolute atomic E-state index is 13.0. The van der Waals surface area contributed by atoms with Gasteiger partial charge in [-0.3, -0.25) is 4.79 Å². The quantitative estimate of drug-likeness (QED) is 0.919. The Labute approximate surface area is 113 Å². The van der Waals surface area contributed by atoms with Crippen LogP contribution in [0.3, 0.4) is 0 Å². The fourth-order valence-electron chi connectivity index (χ4n) is 1.60. The van der Waals surface area contributed by atoms with Gasteiger partial charge in [-0.1, -0.05) is 34.1 Å². The lowest BCUT2D eigenvalue weighted by Gasteiger charge is -2.05. The average Bonchev–Trinajstić information content (AvgIpc) is 2.28. The van der Waals surface area contributed by atoms with Crippen LogP contribution in [0.4, 0.5) is 10.1 Å². The van der Waals surface area contributed by atoms with E-state index in [0.29, 0.717) is 11.3 Å². The summed E-state index contributed by atoms with van der Waals surface area (Å²) in [5.74, 6) is -0.499. The molecule has 18 heavy (non-hydrogen) atoms. The number of carbonyl (C=O) groups is 1. The molecule has 2 aromatic rings. The molecule has 0 bridgehead atoms. The van der Waals surface area contributed by atoms with Crippen LogP contribution < -0.4 is 5.32 Å². The number of carbonyl (C=O) groups excluding carboxylic acids is 1. The number of benzene rings is 2. The Kier molecular flexibility index (Phi) is 4.10. The summed E-state index contributed by atoms with van der Waals surface area (Å²) in [5.41, 5.74) is 1.37. The number of hydrogen-bond acceptors (Lipinski definition) is 1. The summed E-state index contributed by atoms with van der Waals surface area (Å²) in [4.78, 5) is 11.8. The van der Waals surface area contributed by atoms with Crippen molar-refractivity contribution < 1.29 is 9.18 Å². The summed E-state index contributed by atoms with van der Waals surface area (Å²) in [6, 6.07) is 13.4. The first-order valence-electron chi connectivity index (χ1n) is 5.43. The van der Waals surface area contributed by atoms with Gasteiger partial charge in [-0.05, 0) is 35.9 Å². The van der Waals surface area contributed by atoms with Crippen LogP contribution in [0.1, 0.15) is 5.56 Å². The lowest BCUT2D eigenvalue weighted by molar-refractivity contribution is -0.115. The van der Waals surface area contributed by atoms with Crippen molar-refractivity contribution in [2.75, 3.05) is 5.32 Å². The molecular formula is C14H11BrFNO. The summed E-state index contributed by atoms with van der Waals surface area (Å²) in [7, 11) is 0. The second kappa shape index (κ2) is 5.78. The monoisotopic (exact) mass is 307 g/mol. The molecule has 0 unspecified atom stereocenters. The van der Waals surface area contributed by atoms with E-state index in [0.717, 1.165) is 4.47 Å². The number of anilines is 1. The minimum atomic E-state index is -0.331. The van der Waals surface area contributed by atoms with E-state index < -0.39 is 0 Å². The highest BCUT2D eigenvalue weighted by Gasteiger charge is 2.05. The molecule has 2 nitrogen and oxygen atoms in total. The van der Waals surface area contributed by atoms with E-state index in [9.17, 15) is 9.18 Å². The second-order valence-corrected chi connectivity index (χ2v) is 4.78. The Balaban J connectivity index is 2.01. The highest BCUT2D eigenvalue weighted by molar-refractivity contribution is 9.10. The van der Waals surface area contributed by atoms with E-state index in [1.807, 2.05) is 18.2 Å². The minimum absolute atomic E-state index is 0.157. The Morgan fingerprint density at radius 1 is 1.17 bits per heavy atom. The number of nitrogens with one attached hydrogen (secondary N) is 1. The number of amides is 1. The first-order valence-corrected chi connectivity index (χ1v) is 6.22. The molecule has 0 aliphatic heterocycles. The summed E-state index contributed by atoms with van der Waals surface area (Å²) in [6.45, 7) is 0. The van der Waals surface area contributed by atoms with Crippen molar-refractivity contribution in [1.29, 1.82) is 0 Å². The first-order chi connectivity index (χ1) is 8.63. The zero-order valence-electron chi connectivity index (χ0n) is 9.49. The molecule has 0 heterocycles. The minimum Gasteiger partial charge on any atom is -0.326 e. The van der Waals surface area contributed by atoms with Crippen LogP contribution in [0.2, 0.25) is 0 Å². The molecule has 0 spiro atoms. The summed E-state index contributed by atoms with van der Waals surface area (Å²) < 4.78 is 13.9. The maximum Gasteiger partial charge on any atom is 0.228 e. The molecule has 0 aliphatic rings. The molecule has 0 aromatic heterocycles. The van der Waals surface area contributed by atoms with E-state index in [2.05, 4.69) is 21.2 Å². The van der Waals surface area contributed by atoms with Crippen molar-refractivity contribution in [3.05, 3.63) is 64.4 Å². The fourth-order valence-corrected chi connectivity index (χ4v) is 2.00. The Bertz CT molecular complexity index is 522. The molecule has 2 rings (SSSR count). The van der Waals surface area contributed by atoms with Gasteiger partial charge in [0.1, 0.15) is 5.82 Å². The highest BCUT2D eigenvalue weighted by atomic mass is 79.9. The van der Waals surface area contributed by atoms with Gasteiger partial charge in [0.25, 0.3) is 0 Å². The lowest BCUT2D eigenvalue weighted by atomic mass is 10.1. The molecule has 1 amide bonds. The standard InChI is InChI=1S/C14H11BrFNO/c15-11-4-2-6-13(9-11)17-14(18)8-10-3-1-5-12(16)7-10/h1-7,9H,8H2,(H,17,18). The Hall–Kier alpha value is -1.68. The lowest BCUT2D eigenvalue weighted by Crippen LogP contribution is -2.14. The van der Waals surface area contributed by atoms with E-state index in [1.165, 1.54) is 12.1 Å². The summed E-state index contributed by atoms with van der Waals surface area (Å²) in [6.07, 6.45) is 0.157. The molecule has 0 saturated heterocycles. The van der Waals surface area contributed by atoms with Gasteiger partial charge in [0, 0.05) is 10.2 Å². The van der Waals surface area contributed by atoms with Crippen LogP contribution in [0, 0.1) is 5.82 Å². The topological polar surface area (TPSA) is 29.1 Å². The van der Waals surface area contributed by atoms with Gasteiger partial charge in [0.15, 0.2) is 0 Å². The zero-order valence-corrected chi connectivity index (χ0v) is 11.1. The Morgan fingerprint density at radius 2 is 1.94 bits per heavy atom. The number of hydrogen-bond donors (Lipinski definition) is 1. The second-order valence-electron chi connectivity index (χ2n) is 3.87. The highest BCUT2D eigenvalue weighted by Crippen LogP contribution is 2.16. The number of rotatable bonds is 3. The zero-order chi connectivity index (χ0) is 13.0. The van der Waals surface area contributed by atoms with Gasteiger partial charge in [0.2, 0.25) is 5.91 Å². The van der Waals surface area contributed by atoms with Crippen LogP contribution >= 0.6 is 15.9 Å². The van der Waals surface area contributed by atoms with Crippen LogP contribution in [-0.2, 0) is 11.2 Å². The third-order valence-electron chi connectivity index (χ3n) is 2.36. The summed E-state index contributed by atoms with van der Waals surface area (Å²) in [5, 5.41) is 2.76. The molecular weight excluding hydrogens is 297 g/mol. The van der Waals surface area contributed by atoms with Gasteiger partial charge in [-0.2, -0.15) is 0 Å². The van der Waals surface area contributed by atoms with Crippen LogP contribution in [-0.4, -0.2) is 5.91 Å². The SMILES string of the molecule is O=C(Cc1cccc(F)c1)Nc1cccc(Br)c1. The van der Waals surface area contributed by atoms with Gasteiger partial charge in [0.05, 0.1) is 6.42 Å². The van der Waals surface area contributed by atoms with E-state index >= 15 is 0 Å². The smallest absolute Gasteiger partial charge is 0.228 e. The van der Waals surface area contributed by atoms with Crippen molar-refractivity contribution in [3.63, 3.8) is 0 Å². The first kappa shape index (κ1) is 12.8. The third-order valence-corrected chi connectivity index (χ3v) is 2.86. The van der Waals surface area contributed by atoms with E-state index in [-0.39, 0.29) is 18.1 Å². The predicted octanol–water partition coefficient (Wildman–Crippen LogP) is 3.77. The largest absolute Gasteiger partial charge is 0.326 e. The van der Waals surface area contributed by atoms with Crippen molar-refractivity contribution >= 4 is 27.5 Å². The predicted molar refractivity (Wildman–Crippen MR) is 72.9 cm³/mol. The Morgan fingerprint density at radius 3 is 2.67 bits per heavy atom. The van der Waals surface area contributed by atoms with Crippen molar-refractivity contribution in [3.8, 4) is 0 Å². The van der Waals surface area contributed by atoms with E-state index in [1.54, 1.807) is 18.2 Å².